The van der Waals surface area contributed by atoms with Crippen molar-refractivity contribution >= 4 is 17.5 Å². The van der Waals surface area contributed by atoms with E-state index in [1.54, 1.807) is 43.4 Å². The maximum Gasteiger partial charge on any atom is 0.433 e. The van der Waals surface area contributed by atoms with E-state index in [0.29, 0.717) is 34.1 Å². The summed E-state index contributed by atoms with van der Waals surface area (Å²) in [6, 6.07) is 13.3. The van der Waals surface area contributed by atoms with Gasteiger partial charge in [-0.25, -0.2) is 0 Å². The van der Waals surface area contributed by atoms with Gasteiger partial charge >= 0.3 is 6.18 Å². The van der Waals surface area contributed by atoms with Crippen molar-refractivity contribution in [2.45, 2.75) is 13.1 Å². The lowest BCUT2D eigenvalue weighted by molar-refractivity contribution is -0.141. The molecule has 4 rings (SSSR count). The van der Waals surface area contributed by atoms with Crippen molar-refractivity contribution in [1.29, 1.82) is 0 Å². The van der Waals surface area contributed by atoms with Gasteiger partial charge in [-0.2, -0.15) is 13.2 Å². The molecule has 0 spiro atoms. The van der Waals surface area contributed by atoms with E-state index in [2.05, 4.69) is 20.6 Å². The summed E-state index contributed by atoms with van der Waals surface area (Å²) < 4.78 is 40.4. The molecular formula is C27H22F3N5O3. The molecule has 3 aromatic heterocycles. The molecular weight excluding hydrogens is 499 g/mol. The molecule has 8 nitrogen and oxygen atoms in total. The first-order valence-corrected chi connectivity index (χ1v) is 11.3. The van der Waals surface area contributed by atoms with Crippen LogP contribution in [0.1, 0.15) is 32.1 Å². The number of benzene rings is 1. The molecule has 194 valence electrons. The average molecular weight is 521 g/mol. The van der Waals surface area contributed by atoms with E-state index in [9.17, 15) is 27.6 Å². The van der Waals surface area contributed by atoms with Crippen LogP contribution in [0.2, 0.25) is 0 Å². The normalized spacial score (nSPS) is 11.2. The summed E-state index contributed by atoms with van der Waals surface area (Å²) in [5.74, 6) is -1.11. The zero-order valence-electron chi connectivity index (χ0n) is 20.6. The molecule has 0 saturated carbocycles. The van der Waals surface area contributed by atoms with Crippen molar-refractivity contribution in [3.8, 4) is 22.4 Å². The van der Waals surface area contributed by atoms with Crippen LogP contribution >= 0.6 is 0 Å². The summed E-state index contributed by atoms with van der Waals surface area (Å²) >= 11 is 0. The van der Waals surface area contributed by atoms with Gasteiger partial charge in [-0.05, 0) is 66.1 Å². The first-order chi connectivity index (χ1) is 18.0. The molecule has 2 amide bonds. The zero-order valence-corrected chi connectivity index (χ0v) is 20.6. The van der Waals surface area contributed by atoms with Gasteiger partial charge in [0.1, 0.15) is 11.4 Å². The van der Waals surface area contributed by atoms with Crippen LogP contribution in [0.25, 0.3) is 22.4 Å². The molecule has 4 aromatic rings. The van der Waals surface area contributed by atoms with Gasteiger partial charge in [-0.3, -0.25) is 24.4 Å². The molecule has 0 fully saturated rings. The third kappa shape index (κ3) is 5.46. The van der Waals surface area contributed by atoms with E-state index in [0.717, 1.165) is 11.8 Å². The summed E-state index contributed by atoms with van der Waals surface area (Å²) in [6.45, 7) is 1.83. The van der Waals surface area contributed by atoms with Gasteiger partial charge in [-0.15, -0.1) is 0 Å². The highest BCUT2D eigenvalue weighted by Gasteiger charge is 2.33. The number of nitrogens with one attached hydrogen (secondary N) is 2. The van der Waals surface area contributed by atoms with Crippen molar-refractivity contribution in [1.82, 2.24) is 19.9 Å². The fraction of sp³-hybridized carbons (Fsp3) is 0.148. The van der Waals surface area contributed by atoms with E-state index in [4.69, 9.17) is 0 Å². The average Bonchev–Trinajstić information content (AvgIpc) is 2.90. The highest BCUT2D eigenvalue weighted by Crippen LogP contribution is 2.30. The maximum atomic E-state index is 13.0. The number of amides is 2. The number of rotatable bonds is 5. The predicted molar refractivity (Wildman–Crippen MR) is 136 cm³/mol. The molecule has 0 radical (unpaired) electrons. The molecule has 0 saturated heterocycles. The van der Waals surface area contributed by atoms with Crippen molar-refractivity contribution in [2.75, 3.05) is 12.4 Å². The number of halogens is 3. The largest absolute Gasteiger partial charge is 0.433 e. The minimum absolute atomic E-state index is 0.188. The minimum Gasteiger partial charge on any atom is -0.354 e. The second-order valence-electron chi connectivity index (χ2n) is 8.45. The van der Waals surface area contributed by atoms with Crippen LogP contribution < -0.4 is 16.2 Å². The molecule has 0 atom stereocenters. The van der Waals surface area contributed by atoms with E-state index in [1.807, 2.05) is 6.92 Å². The summed E-state index contributed by atoms with van der Waals surface area (Å²) in [5, 5.41) is 5.11. The number of hydrogen-bond acceptors (Lipinski definition) is 5. The SMILES string of the molecule is CNC(=O)c1cc(-c2cc(-c3cc(NC(=O)c4ccnc(C(F)(F)F)c4)ccc3C)cc(=O)n2C)ccn1. The van der Waals surface area contributed by atoms with Crippen molar-refractivity contribution in [2.24, 2.45) is 7.05 Å². The summed E-state index contributed by atoms with van der Waals surface area (Å²) in [5.41, 5.74) is 1.96. The van der Waals surface area contributed by atoms with E-state index < -0.39 is 17.8 Å². The molecule has 3 heterocycles. The van der Waals surface area contributed by atoms with Gasteiger partial charge in [0, 0.05) is 49.4 Å². The molecule has 11 heteroatoms. The lowest BCUT2D eigenvalue weighted by Crippen LogP contribution is -2.20. The summed E-state index contributed by atoms with van der Waals surface area (Å²) in [7, 11) is 3.10. The van der Waals surface area contributed by atoms with Gasteiger partial charge in [0.15, 0.2) is 0 Å². The maximum absolute atomic E-state index is 13.0. The van der Waals surface area contributed by atoms with Gasteiger partial charge in [0.05, 0.1) is 5.69 Å². The van der Waals surface area contributed by atoms with Gasteiger partial charge in [-0.1, -0.05) is 6.07 Å². The van der Waals surface area contributed by atoms with Crippen LogP contribution in [0.4, 0.5) is 18.9 Å². The summed E-state index contributed by atoms with van der Waals surface area (Å²) in [4.78, 5) is 44.9. The lowest BCUT2D eigenvalue weighted by atomic mass is 9.98. The van der Waals surface area contributed by atoms with Gasteiger partial charge < -0.3 is 15.2 Å². The number of aromatic nitrogens is 3. The van der Waals surface area contributed by atoms with Crippen LogP contribution in [0.5, 0.6) is 0 Å². The molecule has 0 bridgehead atoms. The van der Waals surface area contributed by atoms with Crippen molar-refractivity contribution in [3.05, 3.63) is 99.9 Å². The van der Waals surface area contributed by atoms with Crippen LogP contribution in [-0.4, -0.2) is 33.4 Å². The standard InChI is InChI=1S/C27H22F3N5O3/c1-15-4-5-19(34-25(37)17-7-9-33-23(12-17)27(28,29)30)14-20(15)18-11-22(35(3)24(36)13-18)16-6-8-32-21(10-16)26(38)31-2/h4-14H,1-3H3,(H,31,38)(H,34,37). The monoisotopic (exact) mass is 521 g/mol. The highest BCUT2D eigenvalue weighted by molar-refractivity contribution is 6.04. The van der Waals surface area contributed by atoms with Crippen LogP contribution in [0, 0.1) is 6.92 Å². The Bertz CT molecular complexity index is 1610. The van der Waals surface area contributed by atoms with Crippen LogP contribution in [0.15, 0.2) is 71.8 Å². The molecule has 38 heavy (non-hydrogen) atoms. The van der Waals surface area contributed by atoms with E-state index in [1.165, 1.54) is 29.9 Å². The van der Waals surface area contributed by atoms with Gasteiger partial charge in [0.25, 0.3) is 17.4 Å². The van der Waals surface area contributed by atoms with Crippen molar-refractivity contribution < 1.29 is 22.8 Å². The Morgan fingerprint density at radius 1 is 0.895 bits per heavy atom. The summed E-state index contributed by atoms with van der Waals surface area (Å²) in [6.07, 6.45) is -2.28. The molecule has 1 aromatic carbocycles. The Morgan fingerprint density at radius 2 is 1.63 bits per heavy atom. The Kier molecular flexibility index (Phi) is 7.11. The lowest BCUT2D eigenvalue weighted by Gasteiger charge is -2.14. The fourth-order valence-corrected chi connectivity index (χ4v) is 3.85. The van der Waals surface area contributed by atoms with Crippen LogP contribution in [-0.2, 0) is 13.2 Å². The predicted octanol–water partition coefficient (Wildman–Crippen LogP) is 4.45. The first-order valence-electron chi connectivity index (χ1n) is 11.3. The Morgan fingerprint density at radius 3 is 2.34 bits per heavy atom. The number of carbonyl (C=O) groups is 2. The third-order valence-corrected chi connectivity index (χ3v) is 5.90. The molecule has 0 aliphatic rings. The second-order valence-corrected chi connectivity index (χ2v) is 8.45. The first kappa shape index (κ1) is 26.3. The molecule has 2 N–H and O–H groups in total. The third-order valence-electron chi connectivity index (χ3n) is 5.90. The topological polar surface area (TPSA) is 106 Å². The number of aryl methyl sites for hydroxylation is 1. The molecule has 0 aliphatic carbocycles. The quantitative estimate of drug-likeness (QED) is 0.404. The Balaban J connectivity index is 1.71. The smallest absolute Gasteiger partial charge is 0.354 e. The molecule has 0 aliphatic heterocycles. The number of pyridine rings is 3. The number of anilines is 1. The second kappa shape index (κ2) is 10.3. The number of nitrogens with zero attached hydrogens (tertiary/aromatic N) is 3. The fourth-order valence-electron chi connectivity index (χ4n) is 3.85. The molecule has 0 unspecified atom stereocenters. The van der Waals surface area contributed by atoms with Crippen LogP contribution in [0.3, 0.4) is 0 Å². The zero-order chi connectivity index (χ0) is 27.6. The Labute approximate surface area is 215 Å². The van der Waals surface area contributed by atoms with Gasteiger partial charge in [0.2, 0.25) is 0 Å². The Hall–Kier alpha value is -4.80. The highest BCUT2D eigenvalue weighted by atomic mass is 19.4. The number of alkyl halides is 3. The van der Waals surface area contributed by atoms with E-state index >= 15 is 0 Å². The number of hydrogen-bond donors (Lipinski definition) is 2. The van der Waals surface area contributed by atoms with Crippen molar-refractivity contribution in [3.63, 3.8) is 0 Å². The minimum atomic E-state index is -4.68. The van der Waals surface area contributed by atoms with E-state index in [-0.39, 0.29) is 22.7 Å². The number of carbonyl (C=O) groups excluding carboxylic acids is 2.